The number of nitrogens with zero attached hydrogens (tertiary/aromatic N) is 3. The van der Waals surface area contributed by atoms with Gasteiger partial charge < -0.3 is 9.88 Å². The third kappa shape index (κ3) is 4.19. The van der Waals surface area contributed by atoms with Crippen molar-refractivity contribution in [2.24, 2.45) is 0 Å². The van der Waals surface area contributed by atoms with Crippen LogP contribution in [0.5, 0.6) is 0 Å². The summed E-state index contributed by atoms with van der Waals surface area (Å²) in [6.45, 7) is 0.782. The van der Waals surface area contributed by atoms with Gasteiger partial charge in [-0.05, 0) is 12.1 Å². The number of aromatic nitrogens is 3. The van der Waals surface area contributed by atoms with Crippen molar-refractivity contribution in [2.45, 2.75) is 19.6 Å². The Hall–Kier alpha value is -3.53. The van der Waals surface area contributed by atoms with E-state index in [-0.39, 0.29) is 21.9 Å². The summed E-state index contributed by atoms with van der Waals surface area (Å²) in [7, 11) is 0. The van der Waals surface area contributed by atoms with Crippen LogP contribution >= 0.6 is 11.3 Å². The molecule has 0 bridgehead atoms. The molecule has 0 aliphatic rings. The van der Waals surface area contributed by atoms with Crippen LogP contribution in [0.2, 0.25) is 0 Å². The molecule has 2 heterocycles. The number of hydrogen-bond donors (Lipinski definition) is 1. The summed E-state index contributed by atoms with van der Waals surface area (Å²) >= 11 is 0.977. The molecule has 1 amide bonds. The van der Waals surface area contributed by atoms with Gasteiger partial charge in [0.1, 0.15) is 6.54 Å². The number of thiazole rings is 1. The Kier molecular flexibility index (Phi) is 5.32. The average molecular weight is 444 g/mol. The van der Waals surface area contributed by atoms with Crippen LogP contribution in [0, 0.1) is 0 Å². The van der Waals surface area contributed by atoms with Crippen molar-refractivity contribution in [1.82, 2.24) is 14.5 Å². The molecule has 4 rings (SSSR count). The lowest BCUT2D eigenvalue weighted by molar-refractivity contribution is -0.147. The normalized spacial score (nSPS) is 11.6. The number of carbonyl (C=O) groups excluding carboxylic acids is 2. The second-order valence-electron chi connectivity index (χ2n) is 6.68. The van der Waals surface area contributed by atoms with Crippen molar-refractivity contribution in [2.75, 3.05) is 5.32 Å². The molecule has 6 nitrogen and oxygen atoms in total. The minimum absolute atomic E-state index is 0.132. The minimum atomic E-state index is -4.72. The number of imidazole rings is 1. The summed E-state index contributed by atoms with van der Waals surface area (Å²) in [5.74, 6) is -2.09. The number of halogens is 3. The van der Waals surface area contributed by atoms with Gasteiger partial charge in [-0.2, -0.15) is 13.2 Å². The van der Waals surface area contributed by atoms with Crippen molar-refractivity contribution < 1.29 is 22.8 Å². The first-order chi connectivity index (χ1) is 14.7. The highest BCUT2D eigenvalue weighted by Gasteiger charge is 2.38. The molecule has 4 aromatic rings. The lowest BCUT2D eigenvalue weighted by Gasteiger charge is -2.10. The van der Waals surface area contributed by atoms with Crippen molar-refractivity contribution in [3.05, 3.63) is 65.3 Å². The van der Waals surface area contributed by atoms with Gasteiger partial charge in [-0.25, -0.2) is 9.97 Å². The van der Waals surface area contributed by atoms with Gasteiger partial charge in [0.25, 0.3) is 0 Å². The second kappa shape index (κ2) is 7.95. The van der Waals surface area contributed by atoms with Crippen LogP contribution < -0.4 is 5.32 Å². The number of anilines is 1. The number of amides is 1. The quantitative estimate of drug-likeness (QED) is 0.439. The number of hydrogen-bond acceptors (Lipinski definition) is 5. The molecule has 0 aliphatic carbocycles. The number of benzene rings is 2. The van der Waals surface area contributed by atoms with E-state index >= 15 is 0 Å². The van der Waals surface area contributed by atoms with Gasteiger partial charge in [0.05, 0.1) is 21.6 Å². The average Bonchev–Trinajstić information content (AvgIpc) is 3.31. The third-order valence-electron chi connectivity index (χ3n) is 4.45. The summed E-state index contributed by atoms with van der Waals surface area (Å²) < 4.78 is 41.1. The first-order valence-corrected chi connectivity index (χ1v) is 9.95. The lowest BCUT2D eigenvalue weighted by atomic mass is 10.1. The van der Waals surface area contributed by atoms with E-state index in [0.29, 0.717) is 16.1 Å². The fourth-order valence-electron chi connectivity index (χ4n) is 3.16. The SMILES string of the molecule is CC(=O)c1sc(NC(=O)Cn2c(C(F)(F)F)nc3ccccc32)nc1-c1ccccc1. The van der Waals surface area contributed by atoms with E-state index in [1.54, 1.807) is 36.4 Å². The van der Waals surface area contributed by atoms with E-state index in [1.165, 1.54) is 19.1 Å². The summed E-state index contributed by atoms with van der Waals surface area (Å²) in [6, 6.07) is 15.0. The molecule has 0 saturated carbocycles. The summed E-state index contributed by atoms with van der Waals surface area (Å²) in [5, 5.41) is 2.64. The molecule has 0 atom stereocenters. The number of carbonyl (C=O) groups is 2. The predicted octanol–water partition coefficient (Wildman–Crippen LogP) is 5.02. The van der Waals surface area contributed by atoms with Crippen LogP contribution in [0.4, 0.5) is 18.3 Å². The van der Waals surface area contributed by atoms with Gasteiger partial charge in [-0.1, -0.05) is 53.8 Å². The molecular formula is C21H15F3N4O2S. The van der Waals surface area contributed by atoms with E-state index in [2.05, 4.69) is 15.3 Å². The maximum Gasteiger partial charge on any atom is 0.449 e. The minimum Gasteiger partial charge on any atom is -0.311 e. The number of alkyl halides is 3. The van der Waals surface area contributed by atoms with Crippen molar-refractivity contribution in [3.8, 4) is 11.3 Å². The fourth-order valence-corrected chi connectivity index (χ4v) is 4.06. The molecular weight excluding hydrogens is 429 g/mol. The van der Waals surface area contributed by atoms with Gasteiger partial charge in [-0.15, -0.1) is 0 Å². The molecule has 0 spiro atoms. The van der Waals surface area contributed by atoms with Gasteiger partial charge in [0, 0.05) is 12.5 Å². The molecule has 31 heavy (non-hydrogen) atoms. The Morgan fingerprint density at radius 1 is 1.03 bits per heavy atom. The zero-order chi connectivity index (χ0) is 22.2. The molecule has 0 radical (unpaired) electrons. The predicted molar refractivity (Wildman–Crippen MR) is 111 cm³/mol. The van der Waals surface area contributed by atoms with E-state index in [9.17, 15) is 22.8 Å². The van der Waals surface area contributed by atoms with Crippen LogP contribution in [0.3, 0.4) is 0 Å². The van der Waals surface area contributed by atoms with E-state index in [0.717, 1.165) is 15.9 Å². The van der Waals surface area contributed by atoms with E-state index < -0.39 is 24.5 Å². The first kappa shape index (κ1) is 20.7. The molecule has 158 valence electrons. The second-order valence-corrected chi connectivity index (χ2v) is 7.67. The molecule has 1 N–H and O–H groups in total. The zero-order valence-corrected chi connectivity index (χ0v) is 16.9. The Bertz CT molecular complexity index is 1280. The van der Waals surface area contributed by atoms with Crippen LogP contribution in [0.1, 0.15) is 22.4 Å². The topological polar surface area (TPSA) is 76.9 Å². The fraction of sp³-hybridized carbons (Fsp3) is 0.143. The van der Waals surface area contributed by atoms with Crippen molar-refractivity contribution in [1.29, 1.82) is 0 Å². The zero-order valence-electron chi connectivity index (χ0n) is 16.1. The van der Waals surface area contributed by atoms with Crippen LogP contribution in [-0.2, 0) is 17.5 Å². The monoisotopic (exact) mass is 444 g/mol. The highest BCUT2D eigenvalue weighted by molar-refractivity contribution is 7.18. The number of Topliss-reactive ketones (excluding diaryl/α,β-unsaturated/α-hetero) is 1. The van der Waals surface area contributed by atoms with Crippen molar-refractivity contribution >= 4 is 39.2 Å². The van der Waals surface area contributed by atoms with Crippen molar-refractivity contribution in [3.63, 3.8) is 0 Å². The lowest BCUT2D eigenvalue weighted by Crippen LogP contribution is -2.23. The molecule has 0 saturated heterocycles. The maximum absolute atomic E-state index is 13.4. The number of ketones is 1. The number of fused-ring (bicyclic) bond motifs is 1. The number of rotatable bonds is 5. The molecule has 10 heteroatoms. The molecule has 0 fully saturated rings. The van der Waals surface area contributed by atoms with Gasteiger partial charge in [-0.3, -0.25) is 9.59 Å². The smallest absolute Gasteiger partial charge is 0.311 e. The first-order valence-electron chi connectivity index (χ1n) is 9.13. The molecule has 0 unspecified atom stereocenters. The molecule has 2 aromatic heterocycles. The Morgan fingerprint density at radius 2 is 1.71 bits per heavy atom. The Balaban J connectivity index is 1.64. The van der Waals surface area contributed by atoms with Gasteiger partial charge in [0.2, 0.25) is 11.7 Å². The van der Waals surface area contributed by atoms with Crippen LogP contribution in [0.25, 0.3) is 22.3 Å². The number of nitrogens with one attached hydrogen (secondary N) is 1. The molecule has 2 aromatic carbocycles. The Labute approximate surface area is 178 Å². The highest BCUT2D eigenvalue weighted by Crippen LogP contribution is 2.33. The van der Waals surface area contributed by atoms with Gasteiger partial charge in [0.15, 0.2) is 10.9 Å². The van der Waals surface area contributed by atoms with Crippen LogP contribution in [-0.4, -0.2) is 26.2 Å². The van der Waals surface area contributed by atoms with Crippen LogP contribution in [0.15, 0.2) is 54.6 Å². The standard InChI is InChI=1S/C21H15F3N4O2S/c1-12(29)18-17(13-7-3-2-4-8-13)27-20(31-18)26-16(30)11-28-15-10-6-5-9-14(15)25-19(28)21(22,23)24/h2-10H,11H2,1H3,(H,26,27,30). The summed E-state index contributed by atoms with van der Waals surface area (Å²) in [4.78, 5) is 32.9. The number of para-hydroxylation sites is 2. The third-order valence-corrected chi connectivity index (χ3v) is 5.52. The largest absolute Gasteiger partial charge is 0.449 e. The maximum atomic E-state index is 13.4. The van der Waals surface area contributed by atoms with Gasteiger partial charge >= 0.3 is 6.18 Å². The highest BCUT2D eigenvalue weighted by atomic mass is 32.1. The Morgan fingerprint density at radius 3 is 2.39 bits per heavy atom. The van der Waals surface area contributed by atoms with E-state index in [4.69, 9.17) is 0 Å². The summed E-state index contributed by atoms with van der Waals surface area (Å²) in [6.07, 6.45) is -4.72. The molecule has 0 aliphatic heterocycles. The summed E-state index contributed by atoms with van der Waals surface area (Å²) in [5.41, 5.74) is 1.45. The van der Waals surface area contributed by atoms with E-state index in [1.807, 2.05) is 6.07 Å².